The summed E-state index contributed by atoms with van der Waals surface area (Å²) in [5, 5.41) is 2.78. The standard InChI is InChI=1S/C21H23F2NO4/c1-14-3-6-16(12-18(14)28-13-20(22)23)24-21(25)8-5-15-4-7-17-19(11-15)27-10-2-9-26-17/h3-4,6-7,11-12,20H,2,5,8-10,13H2,1H3,(H,24,25). The van der Waals surface area contributed by atoms with Crippen molar-refractivity contribution in [2.45, 2.75) is 32.6 Å². The Bertz CT molecular complexity index is 826. The van der Waals surface area contributed by atoms with Gasteiger partial charge in [-0.25, -0.2) is 8.78 Å². The highest BCUT2D eigenvalue weighted by molar-refractivity contribution is 5.91. The summed E-state index contributed by atoms with van der Waals surface area (Å²) in [6.45, 7) is 2.33. The topological polar surface area (TPSA) is 56.8 Å². The monoisotopic (exact) mass is 391 g/mol. The Balaban J connectivity index is 1.56. The average molecular weight is 391 g/mol. The van der Waals surface area contributed by atoms with E-state index in [1.165, 1.54) is 0 Å². The third kappa shape index (κ3) is 5.58. The maximum atomic E-state index is 12.3. The van der Waals surface area contributed by atoms with Crippen LogP contribution in [-0.2, 0) is 11.2 Å². The fraction of sp³-hybridized carbons (Fsp3) is 0.381. The number of nitrogens with one attached hydrogen (secondary N) is 1. The molecule has 0 atom stereocenters. The highest BCUT2D eigenvalue weighted by Crippen LogP contribution is 2.31. The van der Waals surface area contributed by atoms with Crippen LogP contribution in [0.2, 0.25) is 0 Å². The number of carbonyl (C=O) groups excluding carboxylic acids is 1. The Kier molecular flexibility index (Phi) is 6.68. The molecule has 0 fully saturated rings. The number of hydrogen-bond donors (Lipinski definition) is 1. The molecule has 1 aliphatic heterocycles. The molecule has 1 amide bonds. The van der Waals surface area contributed by atoms with Crippen LogP contribution in [0.3, 0.4) is 0 Å². The number of hydrogen-bond acceptors (Lipinski definition) is 4. The van der Waals surface area contributed by atoms with Gasteiger partial charge < -0.3 is 19.5 Å². The minimum Gasteiger partial charge on any atom is -0.490 e. The summed E-state index contributed by atoms with van der Waals surface area (Å²) in [7, 11) is 0. The lowest BCUT2D eigenvalue weighted by Crippen LogP contribution is -2.13. The first-order valence-electron chi connectivity index (χ1n) is 9.21. The van der Waals surface area contributed by atoms with Gasteiger partial charge in [0.2, 0.25) is 5.91 Å². The SMILES string of the molecule is Cc1ccc(NC(=O)CCc2ccc3c(c2)OCCCO3)cc1OCC(F)F. The van der Waals surface area contributed by atoms with Crippen molar-refractivity contribution in [3.05, 3.63) is 47.5 Å². The molecule has 150 valence electrons. The molecule has 0 unspecified atom stereocenters. The molecular weight excluding hydrogens is 368 g/mol. The van der Waals surface area contributed by atoms with E-state index in [1.807, 2.05) is 18.2 Å². The molecule has 2 aromatic rings. The second-order valence-electron chi connectivity index (χ2n) is 6.56. The van der Waals surface area contributed by atoms with E-state index in [9.17, 15) is 13.6 Å². The molecule has 0 radical (unpaired) electrons. The molecule has 1 heterocycles. The summed E-state index contributed by atoms with van der Waals surface area (Å²) in [5.74, 6) is 1.59. The molecule has 3 rings (SSSR count). The van der Waals surface area contributed by atoms with Gasteiger partial charge in [-0.15, -0.1) is 0 Å². The fourth-order valence-corrected chi connectivity index (χ4v) is 2.83. The van der Waals surface area contributed by atoms with Gasteiger partial charge in [0.15, 0.2) is 11.5 Å². The molecule has 0 spiro atoms. The van der Waals surface area contributed by atoms with Crippen LogP contribution in [0.1, 0.15) is 24.0 Å². The lowest BCUT2D eigenvalue weighted by Gasteiger charge is -2.12. The molecule has 0 saturated carbocycles. The van der Waals surface area contributed by atoms with E-state index in [0.29, 0.717) is 36.8 Å². The zero-order valence-corrected chi connectivity index (χ0v) is 15.7. The molecule has 1 N–H and O–H groups in total. The summed E-state index contributed by atoms with van der Waals surface area (Å²) in [6, 6.07) is 10.7. The third-order valence-electron chi connectivity index (χ3n) is 4.29. The predicted octanol–water partition coefficient (Wildman–Crippen LogP) is 4.37. The maximum Gasteiger partial charge on any atom is 0.272 e. The number of rotatable bonds is 7. The number of fused-ring (bicyclic) bond motifs is 1. The minimum atomic E-state index is -2.55. The molecular formula is C21H23F2NO4. The minimum absolute atomic E-state index is 0.171. The molecule has 0 saturated heterocycles. The van der Waals surface area contributed by atoms with E-state index in [4.69, 9.17) is 14.2 Å². The number of halogens is 2. The maximum absolute atomic E-state index is 12.3. The van der Waals surface area contributed by atoms with E-state index < -0.39 is 13.0 Å². The van der Waals surface area contributed by atoms with Crippen molar-refractivity contribution >= 4 is 11.6 Å². The second kappa shape index (κ2) is 9.39. The first-order valence-corrected chi connectivity index (χ1v) is 9.21. The molecule has 0 aliphatic carbocycles. The molecule has 1 aliphatic rings. The quantitative estimate of drug-likeness (QED) is 0.761. The van der Waals surface area contributed by atoms with Gasteiger partial charge in [0.05, 0.1) is 13.2 Å². The lowest BCUT2D eigenvalue weighted by atomic mass is 10.1. The Labute approximate surface area is 162 Å². The third-order valence-corrected chi connectivity index (χ3v) is 4.29. The molecule has 0 aromatic heterocycles. The van der Waals surface area contributed by atoms with Crippen molar-refractivity contribution in [1.29, 1.82) is 0 Å². The van der Waals surface area contributed by atoms with E-state index in [1.54, 1.807) is 25.1 Å². The Morgan fingerprint density at radius 1 is 1.14 bits per heavy atom. The number of carbonyl (C=O) groups is 1. The Morgan fingerprint density at radius 2 is 1.93 bits per heavy atom. The van der Waals surface area contributed by atoms with Crippen molar-refractivity contribution in [2.24, 2.45) is 0 Å². The number of alkyl halides is 2. The van der Waals surface area contributed by atoms with Gasteiger partial charge in [-0.3, -0.25) is 4.79 Å². The number of aryl methyl sites for hydroxylation is 2. The smallest absolute Gasteiger partial charge is 0.272 e. The van der Waals surface area contributed by atoms with E-state index >= 15 is 0 Å². The van der Waals surface area contributed by atoms with Gasteiger partial charge in [0.25, 0.3) is 6.43 Å². The normalized spacial score (nSPS) is 13.1. The largest absolute Gasteiger partial charge is 0.490 e. The first kappa shape index (κ1) is 19.9. The van der Waals surface area contributed by atoms with Crippen molar-refractivity contribution in [2.75, 3.05) is 25.1 Å². The summed E-state index contributed by atoms with van der Waals surface area (Å²) in [4.78, 5) is 12.3. The van der Waals surface area contributed by atoms with Crippen molar-refractivity contribution in [1.82, 2.24) is 0 Å². The molecule has 0 bridgehead atoms. The summed E-state index contributed by atoms with van der Waals surface area (Å²) >= 11 is 0. The predicted molar refractivity (Wildman–Crippen MR) is 102 cm³/mol. The zero-order chi connectivity index (χ0) is 19.9. The lowest BCUT2D eigenvalue weighted by molar-refractivity contribution is -0.116. The molecule has 5 nitrogen and oxygen atoms in total. The average Bonchev–Trinajstić information content (AvgIpc) is 2.91. The van der Waals surface area contributed by atoms with Gasteiger partial charge in [-0.2, -0.15) is 0 Å². The Hall–Kier alpha value is -2.83. The molecule has 2 aromatic carbocycles. The van der Waals surface area contributed by atoms with Crippen LogP contribution in [0, 0.1) is 6.92 Å². The van der Waals surface area contributed by atoms with Crippen LogP contribution in [0.5, 0.6) is 17.2 Å². The van der Waals surface area contributed by atoms with E-state index in [-0.39, 0.29) is 12.3 Å². The summed E-state index contributed by atoms with van der Waals surface area (Å²) in [6.07, 6.45) is -0.886. The summed E-state index contributed by atoms with van der Waals surface area (Å²) in [5.41, 5.74) is 2.22. The van der Waals surface area contributed by atoms with Gasteiger partial charge in [-0.05, 0) is 42.7 Å². The van der Waals surface area contributed by atoms with Crippen molar-refractivity contribution in [3.63, 3.8) is 0 Å². The molecule has 7 heteroatoms. The fourth-order valence-electron chi connectivity index (χ4n) is 2.83. The van der Waals surface area contributed by atoms with Crippen LogP contribution in [0.4, 0.5) is 14.5 Å². The van der Waals surface area contributed by atoms with Gasteiger partial charge in [0, 0.05) is 24.6 Å². The number of anilines is 1. The Morgan fingerprint density at radius 3 is 2.71 bits per heavy atom. The van der Waals surface area contributed by atoms with Gasteiger partial charge in [0.1, 0.15) is 12.4 Å². The van der Waals surface area contributed by atoms with Crippen LogP contribution in [-0.4, -0.2) is 32.2 Å². The van der Waals surface area contributed by atoms with E-state index in [2.05, 4.69) is 5.32 Å². The number of benzene rings is 2. The van der Waals surface area contributed by atoms with Crippen LogP contribution in [0.15, 0.2) is 36.4 Å². The highest BCUT2D eigenvalue weighted by atomic mass is 19.3. The van der Waals surface area contributed by atoms with Gasteiger partial charge >= 0.3 is 0 Å². The van der Waals surface area contributed by atoms with Crippen LogP contribution < -0.4 is 19.5 Å². The van der Waals surface area contributed by atoms with Crippen LogP contribution >= 0.6 is 0 Å². The summed E-state index contributed by atoms with van der Waals surface area (Å²) < 4.78 is 41.0. The van der Waals surface area contributed by atoms with Crippen LogP contribution in [0.25, 0.3) is 0 Å². The van der Waals surface area contributed by atoms with Gasteiger partial charge in [-0.1, -0.05) is 12.1 Å². The number of amides is 1. The highest BCUT2D eigenvalue weighted by Gasteiger charge is 2.12. The zero-order valence-electron chi connectivity index (χ0n) is 15.7. The number of ether oxygens (including phenoxy) is 3. The van der Waals surface area contributed by atoms with Crippen molar-refractivity contribution in [3.8, 4) is 17.2 Å². The van der Waals surface area contributed by atoms with Crippen molar-refractivity contribution < 1.29 is 27.8 Å². The second-order valence-corrected chi connectivity index (χ2v) is 6.56. The first-order chi connectivity index (χ1) is 13.5. The van der Waals surface area contributed by atoms with E-state index in [0.717, 1.165) is 23.3 Å². The molecule has 28 heavy (non-hydrogen) atoms.